The second-order valence-electron chi connectivity index (χ2n) is 3.01. The van der Waals surface area contributed by atoms with Gasteiger partial charge in [-0.25, -0.2) is 0 Å². The molecule has 0 saturated heterocycles. The van der Waals surface area contributed by atoms with Gasteiger partial charge >= 0.3 is 0 Å². The van der Waals surface area contributed by atoms with Gasteiger partial charge in [0.15, 0.2) is 0 Å². The molecule has 11 heavy (non-hydrogen) atoms. The van der Waals surface area contributed by atoms with Crippen molar-refractivity contribution < 1.29 is 0 Å². The van der Waals surface area contributed by atoms with Crippen LogP contribution in [0.2, 0.25) is 0 Å². The van der Waals surface area contributed by atoms with Crippen molar-refractivity contribution in [3.8, 4) is 0 Å². The van der Waals surface area contributed by atoms with Crippen LogP contribution in [-0.4, -0.2) is 0 Å². The van der Waals surface area contributed by atoms with Crippen LogP contribution in [0.25, 0.3) is 0 Å². The predicted molar refractivity (Wildman–Crippen MR) is 50.4 cm³/mol. The molecule has 1 fully saturated rings. The first-order valence-electron chi connectivity index (χ1n) is 3.93. The lowest BCUT2D eigenvalue weighted by atomic mass is 9.80. The molecule has 0 nitrogen and oxygen atoms in total. The second-order valence-corrected chi connectivity index (χ2v) is 3.93. The monoisotopic (exact) mass is 209 g/mol. The van der Waals surface area contributed by atoms with Gasteiger partial charge in [-0.1, -0.05) is 28.1 Å². The molecule has 2 rings (SSSR count). The van der Waals surface area contributed by atoms with E-state index in [4.69, 9.17) is 0 Å². The highest BCUT2D eigenvalue weighted by molar-refractivity contribution is 9.10. The third kappa shape index (κ3) is 1.48. The molecule has 1 aliphatic carbocycles. The Kier molecular flexibility index (Phi) is 1.99. The van der Waals surface area contributed by atoms with E-state index in [1.54, 1.807) is 0 Å². The summed E-state index contributed by atoms with van der Waals surface area (Å²) in [6, 6.07) is 8.61. The Hall–Kier alpha value is -0.300. The maximum Gasteiger partial charge on any atom is 0.0178 e. The summed E-state index contributed by atoms with van der Waals surface area (Å²) >= 11 is 3.47. The van der Waals surface area contributed by atoms with Gasteiger partial charge in [0.05, 0.1) is 0 Å². The van der Waals surface area contributed by atoms with Gasteiger partial charge in [-0.15, -0.1) is 0 Å². The molecule has 1 radical (unpaired) electrons. The molecule has 0 N–H and O–H groups in total. The first-order chi connectivity index (χ1) is 5.36. The van der Waals surface area contributed by atoms with Crippen LogP contribution in [0.4, 0.5) is 0 Å². The topological polar surface area (TPSA) is 0 Å². The average Bonchev–Trinajstić information content (AvgIpc) is 1.83. The van der Waals surface area contributed by atoms with Crippen LogP contribution in [0.5, 0.6) is 0 Å². The number of rotatable bonds is 1. The first-order valence-corrected chi connectivity index (χ1v) is 4.73. The molecule has 1 saturated carbocycles. The highest BCUT2D eigenvalue weighted by Gasteiger charge is 2.19. The van der Waals surface area contributed by atoms with Gasteiger partial charge in [-0.2, -0.15) is 0 Å². The Balaban J connectivity index is 2.23. The quantitative estimate of drug-likeness (QED) is 0.665. The molecule has 0 aromatic heterocycles. The maximum absolute atomic E-state index is 3.47. The van der Waals surface area contributed by atoms with Crippen molar-refractivity contribution >= 4 is 15.9 Å². The SMILES string of the molecule is Brc1cccc(C2C[CH]C2)c1. The summed E-state index contributed by atoms with van der Waals surface area (Å²) in [7, 11) is 0. The number of halogens is 1. The van der Waals surface area contributed by atoms with Crippen molar-refractivity contribution in [1.29, 1.82) is 0 Å². The van der Waals surface area contributed by atoms with Crippen LogP contribution in [-0.2, 0) is 0 Å². The Bertz CT molecular complexity index is 251. The van der Waals surface area contributed by atoms with Crippen LogP contribution in [0.15, 0.2) is 28.7 Å². The Morgan fingerprint density at radius 3 is 2.64 bits per heavy atom. The number of hydrogen-bond donors (Lipinski definition) is 0. The zero-order valence-corrected chi connectivity index (χ0v) is 7.84. The van der Waals surface area contributed by atoms with E-state index in [1.165, 1.54) is 22.9 Å². The Morgan fingerprint density at radius 2 is 2.09 bits per heavy atom. The Morgan fingerprint density at radius 1 is 1.27 bits per heavy atom. The normalized spacial score (nSPS) is 17.9. The zero-order chi connectivity index (χ0) is 7.68. The summed E-state index contributed by atoms with van der Waals surface area (Å²) in [5.74, 6) is 0.799. The molecule has 0 amide bonds. The molecule has 0 unspecified atom stereocenters. The van der Waals surface area contributed by atoms with Gasteiger partial charge in [0.1, 0.15) is 0 Å². The molecule has 1 aliphatic rings. The van der Waals surface area contributed by atoms with Crippen LogP contribution in [0.3, 0.4) is 0 Å². The molecule has 0 heterocycles. The highest BCUT2D eigenvalue weighted by Crippen LogP contribution is 2.36. The van der Waals surface area contributed by atoms with E-state index < -0.39 is 0 Å². The van der Waals surface area contributed by atoms with Crippen LogP contribution in [0, 0.1) is 6.42 Å². The Labute approximate surface area is 75.8 Å². The molecular weight excluding hydrogens is 200 g/mol. The highest BCUT2D eigenvalue weighted by atomic mass is 79.9. The third-order valence-electron chi connectivity index (χ3n) is 2.22. The fourth-order valence-corrected chi connectivity index (χ4v) is 1.78. The zero-order valence-electron chi connectivity index (χ0n) is 6.26. The summed E-state index contributed by atoms with van der Waals surface area (Å²) in [5, 5.41) is 0. The molecule has 0 atom stereocenters. The van der Waals surface area contributed by atoms with Crippen molar-refractivity contribution in [2.75, 3.05) is 0 Å². The molecule has 1 aromatic rings. The lowest BCUT2D eigenvalue weighted by Gasteiger charge is -2.25. The summed E-state index contributed by atoms with van der Waals surface area (Å²) in [6.45, 7) is 0. The lowest BCUT2D eigenvalue weighted by molar-refractivity contribution is 0.540. The molecule has 1 heteroatoms. The molecular formula is C10H10Br. The van der Waals surface area contributed by atoms with E-state index in [2.05, 4.69) is 46.6 Å². The largest absolute Gasteiger partial charge is 0.0609 e. The van der Waals surface area contributed by atoms with Crippen molar-refractivity contribution in [2.24, 2.45) is 0 Å². The minimum atomic E-state index is 0.799. The second kappa shape index (κ2) is 2.98. The van der Waals surface area contributed by atoms with E-state index in [0.717, 1.165) is 5.92 Å². The van der Waals surface area contributed by atoms with Crippen molar-refractivity contribution in [3.63, 3.8) is 0 Å². The molecule has 57 valence electrons. The van der Waals surface area contributed by atoms with Gasteiger partial charge < -0.3 is 0 Å². The summed E-state index contributed by atoms with van der Waals surface area (Å²) < 4.78 is 1.20. The fourth-order valence-electron chi connectivity index (χ4n) is 1.37. The van der Waals surface area contributed by atoms with Gasteiger partial charge in [0.25, 0.3) is 0 Å². The molecule has 1 aromatic carbocycles. The summed E-state index contributed by atoms with van der Waals surface area (Å²) in [4.78, 5) is 0. The number of hydrogen-bond acceptors (Lipinski definition) is 0. The lowest BCUT2D eigenvalue weighted by Crippen LogP contribution is -2.08. The fraction of sp³-hybridized carbons (Fsp3) is 0.300. The van der Waals surface area contributed by atoms with E-state index in [0.29, 0.717) is 0 Å². The smallest absolute Gasteiger partial charge is 0.0178 e. The first kappa shape index (κ1) is 7.35. The van der Waals surface area contributed by atoms with E-state index in [-0.39, 0.29) is 0 Å². The standard InChI is InChI=1S/C10H10Br/c11-10-6-2-5-9(7-10)8-3-1-4-8/h1-2,5-8H,3-4H2. The van der Waals surface area contributed by atoms with Crippen LogP contribution < -0.4 is 0 Å². The van der Waals surface area contributed by atoms with Crippen molar-refractivity contribution in [1.82, 2.24) is 0 Å². The number of benzene rings is 1. The van der Waals surface area contributed by atoms with E-state index in [1.807, 2.05) is 0 Å². The van der Waals surface area contributed by atoms with Crippen molar-refractivity contribution in [2.45, 2.75) is 18.8 Å². The summed E-state index contributed by atoms with van der Waals surface area (Å²) in [6.07, 6.45) is 4.86. The average molecular weight is 210 g/mol. The van der Waals surface area contributed by atoms with Gasteiger partial charge in [0, 0.05) is 4.47 Å². The summed E-state index contributed by atoms with van der Waals surface area (Å²) in [5.41, 5.74) is 1.47. The minimum Gasteiger partial charge on any atom is -0.0609 e. The molecule has 0 spiro atoms. The van der Waals surface area contributed by atoms with Gasteiger partial charge in [-0.3, -0.25) is 0 Å². The van der Waals surface area contributed by atoms with Gasteiger partial charge in [0.2, 0.25) is 0 Å². The molecule has 0 aliphatic heterocycles. The maximum atomic E-state index is 3.47. The van der Waals surface area contributed by atoms with Crippen LogP contribution in [0.1, 0.15) is 24.3 Å². The minimum absolute atomic E-state index is 0.799. The third-order valence-corrected chi connectivity index (χ3v) is 2.72. The van der Waals surface area contributed by atoms with Gasteiger partial charge in [-0.05, 0) is 42.9 Å². The van der Waals surface area contributed by atoms with Crippen LogP contribution >= 0.6 is 15.9 Å². The van der Waals surface area contributed by atoms with E-state index >= 15 is 0 Å². The van der Waals surface area contributed by atoms with Crippen molar-refractivity contribution in [3.05, 3.63) is 40.7 Å². The predicted octanol–water partition coefficient (Wildman–Crippen LogP) is 3.53. The molecule has 0 bridgehead atoms. The van der Waals surface area contributed by atoms with E-state index in [9.17, 15) is 0 Å².